The van der Waals surface area contributed by atoms with Gasteiger partial charge in [0.25, 0.3) is 0 Å². The fourth-order valence-electron chi connectivity index (χ4n) is 5.26. The summed E-state index contributed by atoms with van der Waals surface area (Å²) in [7, 11) is 0. The van der Waals surface area contributed by atoms with Crippen LogP contribution in [0.2, 0.25) is 0 Å². The number of carboxylic acids is 1. The molecule has 2 aliphatic heterocycles. The molecule has 2 aromatic carbocycles. The first-order valence-corrected chi connectivity index (χ1v) is 10.4. The summed E-state index contributed by atoms with van der Waals surface area (Å²) in [6.45, 7) is 7.20. The zero-order valence-corrected chi connectivity index (χ0v) is 19.6. The number of benzene rings is 2. The Hall–Kier alpha value is -1.79. The third-order valence-corrected chi connectivity index (χ3v) is 7.09. The quantitative estimate of drug-likeness (QED) is 0.701. The van der Waals surface area contributed by atoms with Crippen molar-refractivity contribution in [1.82, 2.24) is 9.80 Å². The van der Waals surface area contributed by atoms with Crippen molar-refractivity contribution in [1.29, 1.82) is 0 Å². The standard InChI is InChI=1S/C24H30N2O3.2ClH/c1-17-13-25-15-22(18-7-4-3-5-8-18)26(16-23(28)29)14-20(25)12-24(17,2)19-9-6-10-21(27)11-19;;/h3-11,17,20,22,27H,12-16H2,1-2H3,(H,28,29);2*1H/t17-,20+,22+,24+;;/m0../s1. The van der Waals surface area contributed by atoms with Gasteiger partial charge in [-0.1, -0.05) is 56.3 Å². The van der Waals surface area contributed by atoms with Crippen molar-refractivity contribution in [2.45, 2.75) is 37.8 Å². The Morgan fingerprint density at radius 1 is 1.06 bits per heavy atom. The highest BCUT2D eigenvalue weighted by Gasteiger charge is 2.46. The normalized spacial score (nSPS) is 28.6. The lowest BCUT2D eigenvalue weighted by Gasteiger charge is -2.55. The summed E-state index contributed by atoms with van der Waals surface area (Å²) in [6.07, 6.45) is 0.954. The molecule has 0 amide bonds. The minimum atomic E-state index is -0.778. The molecule has 5 nitrogen and oxygen atoms in total. The Bertz CT molecular complexity index is 882. The molecule has 0 radical (unpaired) electrons. The van der Waals surface area contributed by atoms with Crippen LogP contribution in [-0.4, -0.2) is 58.2 Å². The van der Waals surface area contributed by atoms with Crippen molar-refractivity contribution >= 4 is 30.8 Å². The maximum absolute atomic E-state index is 11.6. The average molecular weight is 467 g/mol. The number of phenolic OH excluding ortho intramolecular Hbond substituents is 1. The van der Waals surface area contributed by atoms with Gasteiger partial charge in [-0.25, -0.2) is 0 Å². The number of phenols is 1. The second-order valence-corrected chi connectivity index (χ2v) is 8.93. The third kappa shape index (κ3) is 5.17. The van der Waals surface area contributed by atoms with E-state index < -0.39 is 5.97 Å². The minimum Gasteiger partial charge on any atom is -0.508 e. The predicted molar refractivity (Wildman–Crippen MR) is 127 cm³/mol. The van der Waals surface area contributed by atoms with Crippen LogP contribution in [0.4, 0.5) is 0 Å². The second-order valence-electron chi connectivity index (χ2n) is 8.93. The van der Waals surface area contributed by atoms with E-state index >= 15 is 0 Å². The molecule has 4 rings (SSSR count). The van der Waals surface area contributed by atoms with Crippen molar-refractivity contribution < 1.29 is 15.0 Å². The van der Waals surface area contributed by atoms with E-state index in [-0.39, 0.29) is 42.8 Å². The van der Waals surface area contributed by atoms with Crippen LogP contribution >= 0.6 is 24.8 Å². The molecule has 0 aliphatic carbocycles. The number of carbonyl (C=O) groups is 1. The summed E-state index contributed by atoms with van der Waals surface area (Å²) in [5.41, 5.74) is 2.30. The fourth-order valence-corrected chi connectivity index (χ4v) is 5.26. The molecule has 2 aliphatic rings. The Morgan fingerprint density at radius 3 is 2.42 bits per heavy atom. The van der Waals surface area contributed by atoms with E-state index in [9.17, 15) is 15.0 Å². The van der Waals surface area contributed by atoms with Crippen LogP contribution in [0.3, 0.4) is 0 Å². The van der Waals surface area contributed by atoms with E-state index in [2.05, 4.69) is 41.8 Å². The molecular weight excluding hydrogens is 435 g/mol. The summed E-state index contributed by atoms with van der Waals surface area (Å²) in [4.78, 5) is 16.2. The van der Waals surface area contributed by atoms with Crippen LogP contribution in [-0.2, 0) is 10.2 Å². The van der Waals surface area contributed by atoms with Crippen LogP contribution in [0.15, 0.2) is 54.6 Å². The summed E-state index contributed by atoms with van der Waals surface area (Å²) in [6, 6.07) is 18.3. The highest BCUT2D eigenvalue weighted by molar-refractivity contribution is 5.85. The number of fused-ring (bicyclic) bond motifs is 1. The first kappa shape index (κ1) is 25.5. The van der Waals surface area contributed by atoms with Crippen LogP contribution in [0.1, 0.15) is 37.4 Å². The zero-order chi connectivity index (χ0) is 20.6. The number of hydrogen-bond donors (Lipinski definition) is 2. The van der Waals surface area contributed by atoms with Crippen LogP contribution < -0.4 is 0 Å². The van der Waals surface area contributed by atoms with Crippen molar-refractivity contribution in [3.63, 3.8) is 0 Å². The van der Waals surface area contributed by atoms with Gasteiger partial charge in [-0.15, -0.1) is 24.8 Å². The van der Waals surface area contributed by atoms with Gasteiger partial charge in [0, 0.05) is 31.7 Å². The third-order valence-electron chi connectivity index (χ3n) is 7.09. The number of hydrogen-bond acceptors (Lipinski definition) is 4. The number of piperazine rings is 1. The number of carboxylic acid groups (broad SMARTS) is 1. The van der Waals surface area contributed by atoms with E-state index in [4.69, 9.17) is 0 Å². The molecule has 0 aromatic heterocycles. The molecule has 31 heavy (non-hydrogen) atoms. The Balaban J connectivity index is 0.00000171. The Morgan fingerprint density at radius 2 is 1.77 bits per heavy atom. The number of piperidine rings is 1. The number of nitrogens with zero attached hydrogens (tertiary/aromatic N) is 2. The molecule has 0 unspecified atom stereocenters. The van der Waals surface area contributed by atoms with Crippen LogP contribution in [0, 0.1) is 5.92 Å². The van der Waals surface area contributed by atoms with E-state index in [1.165, 1.54) is 11.1 Å². The molecule has 2 heterocycles. The molecule has 0 spiro atoms. The Kier molecular flexibility index (Phi) is 8.40. The van der Waals surface area contributed by atoms with E-state index in [1.807, 2.05) is 30.3 Å². The van der Waals surface area contributed by atoms with E-state index in [0.29, 0.717) is 17.7 Å². The molecule has 4 atom stereocenters. The lowest BCUT2D eigenvalue weighted by molar-refractivity contribution is -0.141. The summed E-state index contributed by atoms with van der Waals surface area (Å²) in [5, 5.41) is 19.5. The first-order valence-electron chi connectivity index (χ1n) is 10.4. The molecule has 2 aromatic rings. The van der Waals surface area contributed by atoms with Crippen molar-refractivity contribution in [2.24, 2.45) is 5.92 Å². The largest absolute Gasteiger partial charge is 0.508 e. The summed E-state index contributed by atoms with van der Waals surface area (Å²) in [5.74, 6) is -0.0408. The highest BCUT2D eigenvalue weighted by atomic mass is 35.5. The number of rotatable bonds is 4. The van der Waals surface area contributed by atoms with Gasteiger partial charge in [-0.05, 0) is 41.0 Å². The van der Waals surface area contributed by atoms with Gasteiger partial charge in [0.15, 0.2) is 0 Å². The van der Waals surface area contributed by atoms with Gasteiger partial charge in [0.2, 0.25) is 0 Å². The topological polar surface area (TPSA) is 64.0 Å². The maximum Gasteiger partial charge on any atom is 0.317 e. The molecule has 170 valence electrons. The van der Waals surface area contributed by atoms with Crippen LogP contribution in [0.25, 0.3) is 0 Å². The van der Waals surface area contributed by atoms with E-state index in [0.717, 1.165) is 26.1 Å². The lowest BCUT2D eigenvalue weighted by atomic mass is 9.65. The Labute approximate surface area is 196 Å². The lowest BCUT2D eigenvalue weighted by Crippen LogP contribution is -2.62. The van der Waals surface area contributed by atoms with Gasteiger partial charge in [0.05, 0.1) is 6.54 Å². The molecular formula is C24H32Cl2N2O3. The van der Waals surface area contributed by atoms with Gasteiger partial charge in [-0.2, -0.15) is 0 Å². The zero-order valence-electron chi connectivity index (χ0n) is 18.0. The van der Waals surface area contributed by atoms with Gasteiger partial charge in [-0.3, -0.25) is 14.6 Å². The summed E-state index contributed by atoms with van der Waals surface area (Å²) < 4.78 is 0. The molecule has 0 bridgehead atoms. The van der Waals surface area contributed by atoms with Crippen molar-refractivity contribution in [3.8, 4) is 5.75 Å². The summed E-state index contributed by atoms with van der Waals surface area (Å²) >= 11 is 0. The van der Waals surface area contributed by atoms with Gasteiger partial charge < -0.3 is 10.2 Å². The minimum absolute atomic E-state index is 0. The van der Waals surface area contributed by atoms with Crippen molar-refractivity contribution in [2.75, 3.05) is 26.2 Å². The molecule has 2 N–H and O–H groups in total. The smallest absolute Gasteiger partial charge is 0.317 e. The molecule has 2 saturated heterocycles. The van der Waals surface area contributed by atoms with Crippen molar-refractivity contribution in [3.05, 3.63) is 65.7 Å². The van der Waals surface area contributed by atoms with Crippen LogP contribution in [0.5, 0.6) is 5.75 Å². The molecule has 0 saturated carbocycles. The monoisotopic (exact) mass is 466 g/mol. The number of aromatic hydroxyl groups is 1. The maximum atomic E-state index is 11.6. The predicted octanol–water partition coefficient (Wildman–Crippen LogP) is 4.35. The second kappa shape index (κ2) is 10.2. The first-order chi connectivity index (χ1) is 13.9. The molecule has 7 heteroatoms. The molecule has 2 fully saturated rings. The number of aliphatic carboxylic acids is 1. The fraction of sp³-hybridized carbons (Fsp3) is 0.458. The average Bonchev–Trinajstić information content (AvgIpc) is 2.69. The van der Waals surface area contributed by atoms with Gasteiger partial charge >= 0.3 is 5.97 Å². The van der Waals surface area contributed by atoms with E-state index in [1.54, 1.807) is 6.07 Å². The SMILES string of the molecule is C[C@H]1CN2C[C@H](c3ccccc3)N(CC(=O)O)C[C@H]2C[C@@]1(C)c1cccc(O)c1.Cl.Cl. The van der Waals surface area contributed by atoms with Gasteiger partial charge in [0.1, 0.15) is 5.75 Å². The highest BCUT2D eigenvalue weighted by Crippen LogP contribution is 2.45. The number of halogens is 2.